The zero-order valence-corrected chi connectivity index (χ0v) is 40.1. The van der Waals surface area contributed by atoms with Crippen LogP contribution in [0.5, 0.6) is 0 Å². The number of carbonyl (C=O) groups excluding carboxylic acids is 5. The molecule has 19 nitrogen and oxygen atoms in total. The number of rotatable bonds is 24. The zero-order chi connectivity index (χ0) is 49.2. The van der Waals surface area contributed by atoms with Crippen LogP contribution < -0.4 is 21.3 Å². The molecule has 372 valence electrons. The summed E-state index contributed by atoms with van der Waals surface area (Å²) in [6.45, 7) is 7.06. The number of carbonyl (C=O) groups is 5. The summed E-state index contributed by atoms with van der Waals surface area (Å²) in [5, 5.41) is 5.36. The number of ether oxygens (including phenoxy) is 5. The zero-order valence-electron chi connectivity index (χ0n) is 39.3. The lowest BCUT2D eigenvalue weighted by molar-refractivity contribution is -0.136. The Morgan fingerprint density at radius 3 is 2.06 bits per heavy atom. The van der Waals surface area contributed by atoms with Gasteiger partial charge < -0.3 is 44.5 Å². The number of hydrogen-bond donors (Lipinski definition) is 3. The van der Waals surface area contributed by atoms with Gasteiger partial charge in [-0.25, -0.2) is 9.98 Å². The number of guanidine groups is 1. The average Bonchev–Trinajstić information content (AvgIpc) is 3.61. The fraction of sp³-hybridized carbons (Fsp3) is 0.420. The van der Waals surface area contributed by atoms with E-state index in [2.05, 4.69) is 25.5 Å². The van der Waals surface area contributed by atoms with Gasteiger partial charge in [-0.2, -0.15) is 0 Å². The highest BCUT2D eigenvalue weighted by Crippen LogP contribution is 2.30. The number of nitrogens with two attached hydrogens (primary N) is 1. The highest BCUT2D eigenvalue weighted by Gasteiger charge is 2.44. The summed E-state index contributed by atoms with van der Waals surface area (Å²) in [6, 6.07) is 19.4. The molecule has 3 aromatic carbocycles. The number of piperazine rings is 1. The van der Waals surface area contributed by atoms with E-state index in [4.69, 9.17) is 29.4 Å². The third kappa shape index (κ3) is 14.6. The van der Waals surface area contributed by atoms with Crippen LogP contribution in [-0.2, 0) is 48.9 Å². The lowest BCUT2D eigenvalue weighted by Crippen LogP contribution is -2.54. The van der Waals surface area contributed by atoms with Crippen LogP contribution in [0.3, 0.4) is 0 Å². The Hall–Kier alpha value is -6.42. The van der Waals surface area contributed by atoms with Gasteiger partial charge in [0.05, 0.1) is 89.3 Å². The molecule has 3 aromatic rings. The molecule has 3 heterocycles. The minimum Gasteiger partial charge on any atom is -0.383 e. The van der Waals surface area contributed by atoms with Crippen molar-refractivity contribution in [2.45, 2.75) is 36.6 Å². The number of piperidine rings is 1. The molecular weight excluding hydrogens is 921 g/mol. The Kier molecular flexibility index (Phi) is 19.1. The number of hydrogen-bond acceptors (Lipinski definition) is 14. The van der Waals surface area contributed by atoms with E-state index in [0.29, 0.717) is 110 Å². The number of amides is 5. The molecule has 0 bridgehead atoms. The number of imide groups is 2. The number of aliphatic imine (C=N–C) groups is 2. The number of anilines is 2. The molecule has 1 aliphatic carbocycles. The van der Waals surface area contributed by atoms with Crippen molar-refractivity contribution in [1.82, 2.24) is 15.1 Å². The van der Waals surface area contributed by atoms with Crippen LogP contribution in [0.25, 0.3) is 5.57 Å². The lowest BCUT2D eigenvalue weighted by Gasteiger charge is -2.36. The van der Waals surface area contributed by atoms with E-state index in [1.54, 1.807) is 24.5 Å². The molecule has 4 aliphatic rings. The van der Waals surface area contributed by atoms with Gasteiger partial charge in [0, 0.05) is 84.6 Å². The predicted octanol–water partition coefficient (Wildman–Crippen LogP) is 3.49. The Labute approximate surface area is 409 Å². The van der Waals surface area contributed by atoms with Gasteiger partial charge in [-0.15, -0.1) is 0 Å². The van der Waals surface area contributed by atoms with Crippen LogP contribution in [0.1, 0.15) is 52.0 Å². The van der Waals surface area contributed by atoms with Gasteiger partial charge in [0.25, 0.3) is 11.8 Å². The number of nitrogens with one attached hydrogen (secondary N) is 2. The topological polar surface area (TPSA) is 233 Å². The van der Waals surface area contributed by atoms with E-state index in [1.165, 1.54) is 0 Å². The summed E-state index contributed by atoms with van der Waals surface area (Å²) in [6.07, 6.45) is 8.66. The summed E-state index contributed by atoms with van der Waals surface area (Å²) in [4.78, 5) is 77.4. The Morgan fingerprint density at radius 1 is 0.786 bits per heavy atom. The molecule has 5 amide bonds. The van der Waals surface area contributed by atoms with Crippen LogP contribution in [-0.4, -0.2) is 166 Å². The highest BCUT2D eigenvalue weighted by atomic mass is 32.2. The fourth-order valence-electron chi connectivity index (χ4n) is 8.13. The Balaban J connectivity index is 0.654. The number of allylic oxidation sites excluding steroid dienone is 4. The van der Waals surface area contributed by atoms with Crippen LogP contribution in [0, 0.1) is 0 Å². The normalized spacial score (nSPS) is 18.3. The quantitative estimate of drug-likeness (QED) is 0.0505. The number of benzene rings is 3. The molecule has 0 aromatic heterocycles. The maximum atomic E-state index is 13.0. The van der Waals surface area contributed by atoms with E-state index in [-0.39, 0.29) is 35.8 Å². The molecule has 2 atom stereocenters. The maximum Gasteiger partial charge on any atom is 0.262 e. The van der Waals surface area contributed by atoms with Gasteiger partial charge in [-0.1, -0.05) is 24.3 Å². The van der Waals surface area contributed by atoms with Crippen molar-refractivity contribution < 1.29 is 51.9 Å². The van der Waals surface area contributed by atoms with E-state index < -0.39 is 40.5 Å². The third-order valence-electron chi connectivity index (χ3n) is 11.8. The number of nitrogens with zero attached hydrogens (tertiary/aromatic N) is 5. The first kappa shape index (κ1) is 51.4. The largest absolute Gasteiger partial charge is 0.383 e. The molecule has 0 saturated carbocycles. The van der Waals surface area contributed by atoms with Crippen LogP contribution in [0.15, 0.2) is 99.8 Å². The fourth-order valence-corrected chi connectivity index (χ4v) is 8.65. The first-order valence-electron chi connectivity index (χ1n) is 23.4. The molecule has 20 heteroatoms. The molecule has 0 spiro atoms. The lowest BCUT2D eigenvalue weighted by atomic mass is 9.96. The minimum absolute atomic E-state index is 0.0652. The van der Waals surface area contributed by atoms with Gasteiger partial charge >= 0.3 is 0 Å². The van der Waals surface area contributed by atoms with Crippen LogP contribution in [0.4, 0.5) is 17.1 Å². The van der Waals surface area contributed by atoms with Gasteiger partial charge in [0.15, 0.2) is 0 Å². The molecule has 7 rings (SSSR count). The number of fused-ring (bicyclic) bond motifs is 1. The van der Waals surface area contributed by atoms with Crippen molar-refractivity contribution in [2.75, 3.05) is 115 Å². The van der Waals surface area contributed by atoms with Gasteiger partial charge in [0.1, 0.15) is 6.04 Å². The van der Waals surface area contributed by atoms with Crippen molar-refractivity contribution in [3.63, 3.8) is 0 Å². The van der Waals surface area contributed by atoms with Crippen molar-refractivity contribution in [3.8, 4) is 0 Å². The van der Waals surface area contributed by atoms with Crippen LogP contribution >= 0.6 is 0 Å². The highest BCUT2D eigenvalue weighted by molar-refractivity contribution is 7.84. The Bertz CT molecular complexity index is 2490. The predicted molar refractivity (Wildman–Crippen MR) is 265 cm³/mol. The molecule has 2 fully saturated rings. The smallest absolute Gasteiger partial charge is 0.262 e. The van der Waals surface area contributed by atoms with Crippen molar-refractivity contribution >= 4 is 74.6 Å². The summed E-state index contributed by atoms with van der Waals surface area (Å²) in [7, 11) is -1.02. The molecular formula is C50H60N8O11S. The minimum atomic E-state index is -1.02. The first-order chi connectivity index (χ1) is 34.0. The SMILES string of the molecule is CS(=O)c1ccc(C2=CC=CC(=NC(N)=Nc3ccc(N4CCN(C(=O)CCOCCOCCOCCOCCOCCNc5ccc6c(c5)C(=O)N(C5CCC(=O)NC5=O)C6=O)CC4)cc3)C2)cc1. The maximum absolute atomic E-state index is 13.0. The van der Waals surface area contributed by atoms with E-state index in [1.807, 2.05) is 71.7 Å². The second kappa shape index (κ2) is 26.0. The second-order valence-electron chi connectivity index (χ2n) is 16.6. The summed E-state index contributed by atoms with van der Waals surface area (Å²) in [5.74, 6) is -1.92. The van der Waals surface area contributed by atoms with Crippen molar-refractivity contribution in [3.05, 3.63) is 102 Å². The molecule has 4 N–H and O–H groups in total. The van der Waals surface area contributed by atoms with E-state index in [9.17, 15) is 28.2 Å². The third-order valence-corrected chi connectivity index (χ3v) is 12.8. The Morgan fingerprint density at radius 2 is 1.41 bits per heavy atom. The summed E-state index contributed by atoms with van der Waals surface area (Å²) >= 11 is 0. The summed E-state index contributed by atoms with van der Waals surface area (Å²) < 4.78 is 39.7. The van der Waals surface area contributed by atoms with Crippen LogP contribution in [0.2, 0.25) is 0 Å². The van der Waals surface area contributed by atoms with Gasteiger partial charge in [-0.3, -0.25) is 38.4 Å². The molecule has 3 aliphatic heterocycles. The standard InChI is InChI=1S/C50H60N8O11S/c1-70(64)41-12-5-35(6-13-41)36-3-2-4-39(33-36)54-50(51)53-37-7-10-40(11-8-37)56-19-21-57(22-20-56)46(60)17-23-65-25-27-67-29-31-69-32-30-68-28-26-66-24-18-52-38-9-14-42-43(34-38)49(63)58(48(42)62)44-15-16-45(59)55-47(44)61/h2-14,34,44,52H,15-33H2,1H3,(H2,51,53)(H,55,59,61). The van der Waals surface area contributed by atoms with Crippen molar-refractivity contribution in [1.29, 1.82) is 0 Å². The second-order valence-corrected chi connectivity index (χ2v) is 18.0. The van der Waals surface area contributed by atoms with E-state index >= 15 is 0 Å². The van der Waals surface area contributed by atoms with Gasteiger partial charge in [-0.05, 0) is 78.2 Å². The monoisotopic (exact) mass is 980 g/mol. The van der Waals surface area contributed by atoms with E-state index in [0.717, 1.165) is 45.4 Å². The average molecular weight is 981 g/mol. The molecule has 2 unspecified atom stereocenters. The summed E-state index contributed by atoms with van der Waals surface area (Å²) in [5.41, 5.74) is 12.0. The van der Waals surface area contributed by atoms with Crippen molar-refractivity contribution in [2.24, 2.45) is 15.7 Å². The molecule has 0 radical (unpaired) electrons. The molecule has 2 saturated heterocycles. The molecule has 70 heavy (non-hydrogen) atoms. The van der Waals surface area contributed by atoms with Gasteiger partial charge in [0.2, 0.25) is 23.7 Å². The first-order valence-corrected chi connectivity index (χ1v) is 24.9.